The lowest BCUT2D eigenvalue weighted by Gasteiger charge is -2.29. The van der Waals surface area contributed by atoms with Crippen molar-refractivity contribution < 1.29 is 9.53 Å². The monoisotopic (exact) mass is 274 g/mol. The molecule has 1 aliphatic rings. The molecule has 0 spiro atoms. The third-order valence-electron chi connectivity index (χ3n) is 3.66. The number of carbonyl (C=O) groups excluding carboxylic acids is 1. The van der Waals surface area contributed by atoms with Gasteiger partial charge in [0.15, 0.2) is 5.65 Å². The molecule has 2 atom stereocenters. The third kappa shape index (κ3) is 2.51. The molecule has 3 heterocycles. The van der Waals surface area contributed by atoms with Crippen LogP contribution < -0.4 is 5.32 Å². The zero-order valence-corrected chi connectivity index (χ0v) is 11.5. The molecule has 6 heteroatoms. The summed E-state index contributed by atoms with van der Waals surface area (Å²) in [6.07, 6.45) is 4.43. The van der Waals surface area contributed by atoms with Gasteiger partial charge in [-0.3, -0.25) is 10.1 Å². The van der Waals surface area contributed by atoms with Crippen LogP contribution in [-0.2, 0) is 9.53 Å². The second-order valence-corrected chi connectivity index (χ2v) is 4.99. The predicted octanol–water partition coefficient (Wildman–Crippen LogP) is 1.87. The minimum Gasteiger partial charge on any atom is -0.377 e. The van der Waals surface area contributed by atoms with Gasteiger partial charge in [0, 0.05) is 12.8 Å². The first-order valence-electron chi connectivity index (χ1n) is 7.02. The average Bonchev–Trinajstić information content (AvgIpc) is 2.89. The molecule has 1 aliphatic heterocycles. The summed E-state index contributed by atoms with van der Waals surface area (Å²) < 4.78 is 7.29. The second kappa shape index (κ2) is 5.58. The topological polar surface area (TPSA) is 68.5 Å². The number of nitrogens with zero attached hydrogens (tertiary/aromatic N) is 3. The van der Waals surface area contributed by atoms with Crippen molar-refractivity contribution in [1.82, 2.24) is 14.6 Å². The van der Waals surface area contributed by atoms with E-state index in [1.807, 2.05) is 25.1 Å². The van der Waals surface area contributed by atoms with Crippen molar-refractivity contribution in [2.75, 3.05) is 11.9 Å². The van der Waals surface area contributed by atoms with Crippen LogP contribution in [0.5, 0.6) is 0 Å². The molecule has 1 N–H and O–H groups in total. The van der Waals surface area contributed by atoms with Gasteiger partial charge in [-0.25, -0.2) is 4.52 Å². The normalized spacial score (nSPS) is 22.9. The maximum absolute atomic E-state index is 12.3. The zero-order valence-electron chi connectivity index (χ0n) is 11.5. The first kappa shape index (κ1) is 13.1. The Morgan fingerprint density at radius 3 is 3.25 bits per heavy atom. The van der Waals surface area contributed by atoms with Crippen molar-refractivity contribution >= 4 is 17.5 Å². The molecule has 3 rings (SSSR count). The van der Waals surface area contributed by atoms with E-state index in [1.165, 1.54) is 0 Å². The molecule has 1 saturated heterocycles. The number of anilines is 1. The van der Waals surface area contributed by atoms with Crippen LogP contribution in [0.2, 0.25) is 0 Å². The van der Waals surface area contributed by atoms with E-state index in [9.17, 15) is 4.79 Å². The first-order valence-corrected chi connectivity index (χ1v) is 7.02. The van der Waals surface area contributed by atoms with Gasteiger partial charge in [0.25, 0.3) is 0 Å². The number of nitrogens with one attached hydrogen (secondary N) is 1. The van der Waals surface area contributed by atoms with Gasteiger partial charge in [-0.1, -0.05) is 13.0 Å². The molecule has 0 aliphatic carbocycles. The van der Waals surface area contributed by atoms with Crippen LogP contribution in [0.1, 0.15) is 26.2 Å². The van der Waals surface area contributed by atoms with E-state index in [4.69, 9.17) is 4.74 Å². The lowest BCUT2D eigenvalue weighted by atomic mass is 9.92. The van der Waals surface area contributed by atoms with Crippen LogP contribution in [0.25, 0.3) is 5.65 Å². The molecule has 1 amide bonds. The van der Waals surface area contributed by atoms with Crippen LogP contribution in [-0.4, -0.2) is 33.2 Å². The highest BCUT2D eigenvalue weighted by atomic mass is 16.5. The van der Waals surface area contributed by atoms with Crippen molar-refractivity contribution in [2.24, 2.45) is 5.92 Å². The summed E-state index contributed by atoms with van der Waals surface area (Å²) in [4.78, 5) is 16.6. The Balaban J connectivity index is 1.74. The van der Waals surface area contributed by atoms with Crippen molar-refractivity contribution in [3.8, 4) is 0 Å². The van der Waals surface area contributed by atoms with E-state index in [0.29, 0.717) is 5.95 Å². The number of amides is 1. The quantitative estimate of drug-likeness (QED) is 0.927. The van der Waals surface area contributed by atoms with E-state index in [1.54, 1.807) is 10.7 Å². The molecular formula is C14H18N4O2. The number of pyridine rings is 1. The fourth-order valence-corrected chi connectivity index (χ4v) is 2.63. The Hall–Kier alpha value is -1.95. The molecule has 20 heavy (non-hydrogen) atoms. The van der Waals surface area contributed by atoms with E-state index in [0.717, 1.165) is 31.5 Å². The highest BCUT2D eigenvalue weighted by Crippen LogP contribution is 2.24. The number of rotatable bonds is 3. The van der Waals surface area contributed by atoms with Crippen molar-refractivity contribution in [3.63, 3.8) is 0 Å². The SMILES string of the molecule is CCC1OCCCC1C(=O)Nc1nc2ccccn2n1. The summed E-state index contributed by atoms with van der Waals surface area (Å²) in [6, 6.07) is 5.61. The number of hydrogen-bond acceptors (Lipinski definition) is 4. The molecule has 106 valence electrons. The van der Waals surface area contributed by atoms with E-state index in [-0.39, 0.29) is 17.9 Å². The molecular weight excluding hydrogens is 256 g/mol. The Kier molecular flexibility index (Phi) is 3.64. The highest BCUT2D eigenvalue weighted by Gasteiger charge is 2.31. The predicted molar refractivity (Wildman–Crippen MR) is 74.4 cm³/mol. The number of aromatic nitrogens is 3. The Bertz CT molecular complexity index is 577. The summed E-state index contributed by atoms with van der Waals surface area (Å²) in [5, 5.41) is 7.03. The zero-order chi connectivity index (χ0) is 13.9. The van der Waals surface area contributed by atoms with Crippen molar-refractivity contribution in [1.29, 1.82) is 0 Å². The van der Waals surface area contributed by atoms with Crippen LogP contribution >= 0.6 is 0 Å². The van der Waals surface area contributed by atoms with Crippen LogP contribution in [0.15, 0.2) is 24.4 Å². The van der Waals surface area contributed by atoms with Crippen molar-refractivity contribution in [2.45, 2.75) is 32.3 Å². The van der Waals surface area contributed by atoms with Gasteiger partial charge in [-0.15, -0.1) is 5.10 Å². The number of ether oxygens (including phenoxy) is 1. The van der Waals surface area contributed by atoms with E-state index in [2.05, 4.69) is 15.4 Å². The van der Waals surface area contributed by atoms with Gasteiger partial charge < -0.3 is 4.74 Å². The van der Waals surface area contributed by atoms with Gasteiger partial charge in [-0.2, -0.15) is 4.98 Å². The molecule has 2 aromatic rings. The van der Waals surface area contributed by atoms with Crippen LogP contribution in [0, 0.1) is 5.92 Å². The lowest BCUT2D eigenvalue weighted by molar-refractivity contribution is -0.129. The number of hydrogen-bond donors (Lipinski definition) is 1. The smallest absolute Gasteiger partial charge is 0.249 e. The number of carbonyl (C=O) groups is 1. The lowest BCUT2D eigenvalue weighted by Crippen LogP contribution is -2.38. The summed E-state index contributed by atoms with van der Waals surface area (Å²) in [7, 11) is 0. The van der Waals surface area contributed by atoms with Crippen LogP contribution in [0.4, 0.5) is 5.95 Å². The maximum atomic E-state index is 12.3. The van der Waals surface area contributed by atoms with Gasteiger partial charge in [0.05, 0.1) is 12.0 Å². The highest BCUT2D eigenvalue weighted by molar-refractivity contribution is 5.91. The fraction of sp³-hybridized carbons (Fsp3) is 0.500. The fourth-order valence-electron chi connectivity index (χ4n) is 2.63. The molecule has 0 bridgehead atoms. The third-order valence-corrected chi connectivity index (χ3v) is 3.66. The molecule has 2 unspecified atom stereocenters. The standard InChI is InChI=1S/C14H18N4O2/c1-2-11-10(6-5-9-20-11)13(19)16-14-15-12-7-3-4-8-18(12)17-14/h3-4,7-8,10-11H,2,5-6,9H2,1H3,(H,16,17,19). The Morgan fingerprint density at radius 2 is 2.45 bits per heavy atom. The minimum absolute atomic E-state index is 0.000724. The summed E-state index contributed by atoms with van der Waals surface area (Å²) in [5.41, 5.74) is 0.717. The van der Waals surface area contributed by atoms with Gasteiger partial charge >= 0.3 is 0 Å². The summed E-state index contributed by atoms with van der Waals surface area (Å²) in [5.74, 6) is 0.189. The molecule has 0 radical (unpaired) electrons. The number of fused-ring (bicyclic) bond motifs is 1. The second-order valence-electron chi connectivity index (χ2n) is 4.99. The molecule has 0 aromatic carbocycles. The van der Waals surface area contributed by atoms with Crippen LogP contribution in [0.3, 0.4) is 0 Å². The first-order chi connectivity index (χ1) is 9.78. The summed E-state index contributed by atoms with van der Waals surface area (Å²) >= 11 is 0. The molecule has 6 nitrogen and oxygen atoms in total. The van der Waals surface area contributed by atoms with E-state index < -0.39 is 0 Å². The molecule has 0 saturated carbocycles. The van der Waals surface area contributed by atoms with Crippen molar-refractivity contribution in [3.05, 3.63) is 24.4 Å². The van der Waals surface area contributed by atoms with Gasteiger partial charge in [-0.05, 0) is 31.4 Å². The Morgan fingerprint density at radius 1 is 1.55 bits per heavy atom. The Labute approximate surface area is 117 Å². The van der Waals surface area contributed by atoms with Gasteiger partial charge in [0.2, 0.25) is 11.9 Å². The van der Waals surface area contributed by atoms with E-state index >= 15 is 0 Å². The minimum atomic E-state index is -0.111. The van der Waals surface area contributed by atoms with Gasteiger partial charge in [0.1, 0.15) is 0 Å². The average molecular weight is 274 g/mol. The largest absolute Gasteiger partial charge is 0.377 e. The maximum Gasteiger partial charge on any atom is 0.249 e. The summed E-state index contributed by atoms with van der Waals surface area (Å²) in [6.45, 7) is 2.79. The molecule has 1 fully saturated rings. The molecule has 2 aromatic heterocycles.